The topological polar surface area (TPSA) is 37.3 Å². The molecule has 0 heterocycles. The predicted octanol–water partition coefficient (Wildman–Crippen LogP) is 2.56. The van der Waals surface area contributed by atoms with Crippen LogP contribution in [0.15, 0.2) is 12.2 Å². The van der Waals surface area contributed by atoms with E-state index in [4.69, 9.17) is 0 Å². The zero-order chi connectivity index (χ0) is 12.6. The van der Waals surface area contributed by atoms with Gasteiger partial charge in [0, 0.05) is 6.42 Å². The van der Waals surface area contributed by atoms with E-state index in [9.17, 15) is 9.90 Å². The minimum atomic E-state index is -0.233. The lowest BCUT2D eigenvalue weighted by Gasteiger charge is -2.66. The molecule has 2 heteroatoms. The molecule has 4 bridgehead atoms. The maximum atomic E-state index is 11.9. The Labute approximate surface area is 103 Å². The summed E-state index contributed by atoms with van der Waals surface area (Å²) in [4.78, 5) is 11.9. The summed E-state index contributed by atoms with van der Waals surface area (Å²) in [7, 11) is 0. The molecule has 4 aliphatic carbocycles. The molecule has 4 saturated carbocycles. The van der Waals surface area contributed by atoms with Crippen LogP contribution in [0.1, 0.15) is 40.0 Å². The summed E-state index contributed by atoms with van der Waals surface area (Å²) >= 11 is 0. The second kappa shape index (κ2) is 3.03. The lowest BCUT2D eigenvalue weighted by Crippen LogP contribution is -2.64. The predicted molar refractivity (Wildman–Crippen MR) is 66.4 cm³/mol. The molecule has 0 aromatic rings. The summed E-state index contributed by atoms with van der Waals surface area (Å²) in [6.07, 6.45) is 2.33. The van der Waals surface area contributed by atoms with Gasteiger partial charge < -0.3 is 5.11 Å². The fourth-order valence-electron chi connectivity index (χ4n) is 4.97. The van der Waals surface area contributed by atoms with Crippen molar-refractivity contribution in [1.29, 1.82) is 0 Å². The lowest BCUT2D eigenvalue weighted by molar-refractivity contribution is -0.174. The van der Waals surface area contributed by atoms with E-state index in [1.807, 2.05) is 0 Å². The molecule has 17 heavy (non-hydrogen) atoms. The van der Waals surface area contributed by atoms with Crippen molar-refractivity contribution in [2.45, 2.75) is 46.1 Å². The number of ketones is 1. The van der Waals surface area contributed by atoms with Crippen LogP contribution in [0.2, 0.25) is 0 Å². The highest BCUT2D eigenvalue weighted by Crippen LogP contribution is 2.72. The Morgan fingerprint density at radius 2 is 2.00 bits per heavy atom. The summed E-state index contributed by atoms with van der Waals surface area (Å²) in [5.74, 6) is 1.51. The Balaban J connectivity index is 2.07. The molecule has 0 aliphatic heterocycles. The van der Waals surface area contributed by atoms with Crippen LogP contribution >= 0.6 is 0 Å². The number of carbonyl (C=O) groups is 1. The highest BCUT2D eigenvalue weighted by molar-refractivity contribution is 5.98. The molecular weight excluding hydrogens is 212 g/mol. The normalized spacial score (nSPS) is 51.8. The van der Waals surface area contributed by atoms with Crippen LogP contribution in [0.5, 0.6) is 0 Å². The highest BCUT2D eigenvalue weighted by atomic mass is 16.3. The number of aliphatic hydroxyl groups excluding tert-OH is 1. The molecule has 1 N–H and O–H groups in total. The first-order chi connectivity index (χ1) is 7.80. The lowest BCUT2D eigenvalue weighted by atomic mass is 9.37. The summed E-state index contributed by atoms with van der Waals surface area (Å²) in [5.41, 5.74) is 0.988. The van der Waals surface area contributed by atoms with E-state index < -0.39 is 0 Å². The van der Waals surface area contributed by atoms with Gasteiger partial charge in [-0.25, -0.2) is 0 Å². The molecule has 2 nitrogen and oxygen atoms in total. The first-order valence-corrected chi connectivity index (χ1v) is 6.70. The quantitative estimate of drug-likeness (QED) is 0.654. The second-order valence-corrected chi connectivity index (χ2v) is 7.14. The first kappa shape index (κ1) is 11.5. The maximum absolute atomic E-state index is 11.9. The van der Waals surface area contributed by atoms with Gasteiger partial charge in [0.1, 0.15) is 0 Å². The summed E-state index contributed by atoms with van der Waals surface area (Å²) in [6.45, 7) is 10.7. The smallest absolute Gasteiger partial charge is 0.158 e. The van der Waals surface area contributed by atoms with E-state index in [1.165, 1.54) is 0 Å². The van der Waals surface area contributed by atoms with Crippen LogP contribution in [0.3, 0.4) is 0 Å². The number of hydrogen-bond donors (Lipinski definition) is 1. The number of fused-ring (bicyclic) bond motifs is 2. The summed E-state index contributed by atoms with van der Waals surface area (Å²) < 4.78 is 0. The Morgan fingerprint density at radius 1 is 1.35 bits per heavy atom. The highest BCUT2D eigenvalue weighted by Gasteiger charge is 2.69. The number of aliphatic hydroxyl groups is 1. The van der Waals surface area contributed by atoms with Crippen molar-refractivity contribution >= 4 is 5.78 Å². The third kappa shape index (κ3) is 1.13. The van der Waals surface area contributed by atoms with Gasteiger partial charge in [-0.1, -0.05) is 27.4 Å². The first-order valence-electron chi connectivity index (χ1n) is 6.70. The van der Waals surface area contributed by atoms with Gasteiger partial charge >= 0.3 is 0 Å². The Kier molecular flexibility index (Phi) is 2.04. The van der Waals surface area contributed by atoms with Crippen LogP contribution in [0.25, 0.3) is 0 Å². The van der Waals surface area contributed by atoms with Crippen molar-refractivity contribution in [3.8, 4) is 0 Å². The molecule has 0 aromatic carbocycles. The Morgan fingerprint density at radius 3 is 2.59 bits per heavy atom. The molecule has 0 saturated heterocycles. The average Bonchev–Trinajstić information content (AvgIpc) is 2.37. The van der Waals surface area contributed by atoms with E-state index in [2.05, 4.69) is 27.4 Å². The minimum absolute atomic E-state index is 0.0744. The van der Waals surface area contributed by atoms with E-state index in [0.717, 1.165) is 18.4 Å². The van der Waals surface area contributed by atoms with E-state index in [0.29, 0.717) is 24.2 Å². The van der Waals surface area contributed by atoms with Crippen LogP contribution in [-0.4, -0.2) is 17.0 Å². The van der Waals surface area contributed by atoms with Crippen LogP contribution in [0.4, 0.5) is 0 Å². The third-order valence-electron chi connectivity index (χ3n) is 6.16. The number of Topliss-reactive ketones (excluding diaryl/α,β-unsaturated/α-hetero) is 1. The molecule has 4 aliphatic rings. The maximum Gasteiger partial charge on any atom is 0.158 e. The number of rotatable bonds is 0. The molecule has 0 amide bonds. The van der Waals surface area contributed by atoms with Crippen molar-refractivity contribution < 1.29 is 9.90 Å². The van der Waals surface area contributed by atoms with Crippen LogP contribution in [0, 0.1) is 28.6 Å². The Bertz CT molecular complexity index is 409. The zero-order valence-electron chi connectivity index (χ0n) is 11.0. The van der Waals surface area contributed by atoms with Gasteiger partial charge in [-0.3, -0.25) is 4.79 Å². The number of allylic oxidation sites excluding steroid dienone is 1. The minimum Gasteiger partial charge on any atom is -0.393 e. The third-order valence-corrected chi connectivity index (χ3v) is 6.16. The number of carbonyl (C=O) groups excluding carboxylic acids is 1. The van der Waals surface area contributed by atoms with Gasteiger partial charge in [0.05, 0.1) is 6.10 Å². The molecule has 94 valence electrons. The molecule has 5 atom stereocenters. The van der Waals surface area contributed by atoms with Crippen molar-refractivity contribution in [2.75, 3.05) is 0 Å². The monoisotopic (exact) mass is 234 g/mol. The van der Waals surface area contributed by atoms with Gasteiger partial charge in [-0.15, -0.1) is 0 Å². The summed E-state index contributed by atoms with van der Waals surface area (Å²) in [5, 5.41) is 10.3. The van der Waals surface area contributed by atoms with E-state index in [1.54, 1.807) is 0 Å². The van der Waals surface area contributed by atoms with Gasteiger partial charge in [0.15, 0.2) is 5.78 Å². The molecule has 0 radical (unpaired) electrons. The van der Waals surface area contributed by atoms with Crippen LogP contribution < -0.4 is 0 Å². The van der Waals surface area contributed by atoms with Crippen molar-refractivity contribution in [3.05, 3.63) is 12.2 Å². The summed E-state index contributed by atoms with van der Waals surface area (Å²) in [6, 6.07) is 0. The zero-order valence-corrected chi connectivity index (χ0v) is 11.0. The van der Waals surface area contributed by atoms with Gasteiger partial charge in [-0.05, 0) is 47.0 Å². The largest absolute Gasteiger partial charge is 0.393 e. The average molecular weight is 234 g/mol. The van der Waals surface area contributed by atoms with Gasteiger partial charge in [0.2, 0.25) is 0 Å². The fourth-order valence-corrected chi connectivity index (χ4v) is 4.97. The molecular formula is C15H22O2. The molecule has 4 rings (SSSR count). The molecule has 0 spiro atoms. The van der Waals surface area contributed by atoms with E-state index in [-0.39, 0.29) is 22.7 Å². The van der Waals surface area contributed by atoms with Gasteiger partial charge in [-0.2, -0.15) is 0 Å². The second-order valence-electron chi connectivity index (χ2n) is 7.14. The SMILES string of the molecule is C=C1C(=O)C[C@@H]2[C@@H]3[C@H]1[C@@]2(C)CC[C@H](O)C3(C)C. The van der Waals surface area contributed by atoms with Crippen molar-refractivity contribution in [2.24, 2.45) is 28.6 Å². The van der Waals surface area contributed by atoms with Crippen LogP contribution in [-0.2, 0) is 4.79 Å². The standard InChI is InChI=1S/C15H22O2/c1-8-10(16)7-9-13-12(8)15(9,4)6-5-11(17)14(13,2)3/h9,11-13,17H,1,5-7H2,2-4H3/t9-,11+,12+,13-,15+/m1/s1. The molecule has 0 aromatic heterocycles. The Hall–Kier alpha value is -0.630. The van der Waals surface area contributed by atoms with E-state index >= 15 is 0 Å². The number of hydrogen-bond acceptors (Lipinski definition) is 2. The fraction of sp³-hybridized carbons (Fsp3) is 0.800. The molecule has 4 fully saturated rings. The molecule has 0 unspecified atom stereocenters. The van der Waals surface area contributed by atoms with Gasteiger partial charge in [0.25, 0.3) is 0 Å². The van der Waals surface area contributed by atoms with Crippen molar-refractivity contribution in [1.82, 2.24) is 0 Å². The van der Waals surface area contributed by atoms with Crippen molar-refractivity contribution in [3.63, 3.8) is 0 Å².